The number of carboxylic acid groups (broad SMARTS) is 1. The lowest BCUT2D eigenvalue weighted by atomic mass is 10.1. The van der Waals surface area contributed by atoms with E-state index in [0.717, 1.165) is 5.92 Å². The Balaban J connectivity index is 0.00000162. The van der Waals surface area contributed by atoms with Gasteiger partial charge in [-0.2, -0.15) is 0 Å². The third-order valence-electron chi connectivity index (χ3n) is 3.61. The monoisotopic (exact) mass is 276 g/mol. The number of amides is 1. The molecule has 1 unspecified atom stereocenters. The van der Waals surface area contributed by atoms with Crippen molar-refractivity contribution in [1.82, 2.24) is 10.2 Å². The average Bonchev–Trinajstić information content (AvgIpc) is 3.14. The Morgan fingerprint density at radius 1 is 1.33 bits per heavy atom. The van der Waals surface area contributed by atoms with Crippen LogP contribution in [0.1, 0.15) is 32.6 Å². The number of rotatable bonds is 7. The van der Waals surface area contributed by atoms with Gasteiger partial charge < -0.3 is 10.4 Å². The van der Waals surface area contributed by atoms with Crippen LogP contribution in [-0.2, 0) is 9.59 Å². The van der Waals surface area contributed by atoms with Gasteiger partial charge in [0.2, 0.25) is 5.91 Å². The second kappa shape index (κ2) is 6.38. The number of carbonyl (C=O) groups is 2. The van der Waals surface area contributed by atoms with Gasteiger partial charge in [-0.05, 0) is 38.5 Å². The summed E-state index contributed by atoms with van der Waals surface area (Å²) in [7, 11) is 0. The minimum atomic E-state index is -0.994. The van der Waals surface area contributed by atoms with E-state index in [-0.39, 0.29) is 24.9 Å². The highest BCUT2D eigenvalue weighted by Gasteiger charge is 2.39. The first-order valence-corrected chi connectivity index (χ1v) is 6.32. The fourth-order valence-corrected chi connectivity index (χ4v) is 2.26. The fourth-order valence-electron chi connectivity index (χ4n) is 2.26. The van der Waals surface area contributed by atoms with Crippen LogP contribution in [0.4, 0.5) is 0 Å². The van der Waals surface area contributed by atoms with Crippen LogP contribution in [0.2, 0.25) is 0 Å². The van der Waals surface area contributed by atoms with Crippen LogP contribution in [0.25, 0.3) is 0 Å². The Morgan fingerprint density at radius 3 is 2.39 bits per heavy atom. The van der Waals surface area contributed by atoms with E-state index in [2.05, 4.69) is 17.1 Å². The number of carboxylic acids is 1. The first kappa shape index (κ1) is 15.2. The van der Waals surface area contributed by atoms with Crippen molar-refractivity contribution in [2.45, 2.75) is 44.7 Å². The number of nitrogens with zero attached hydrogens (tertiary/aromatic N) is 1. The van der Waals surface area contributed by atoms with E-state index < -0.39 is 5.97 Å². The molecule has 104 valence electrons. The third-order valence-corrected chi connectivity index (χ3v) is 3.61. The minimum Gasteiger partial charge on any atom is -0.480 e. The summed E-state index contributed by atoms with van der Waals surface area (Å²) in [5, 5.41) is 10.9. The Hall–Kier alpha value is -0.810. The summed E-state index contributed by atoms with van der Waals surface area (Å²) in [5.41, 5.74) is 0. The van der Waals surface area contributed by atoms with Gasteiger partial charge in [0.25, 0.3) is 0 Å². The molecule has 2 fully saturated rings. The van der Waals surface area contributed by atoms with Gasteiger partial charge in [0.05, 0.1) is 6.54 Å². The second-order valence-electron chi connectivity index (χ2n) is 5.15. The predicted octanol–water partition coefficient (Wildman–Crippen LogP) is 0.872. The summed E-state index contributed by atoms with van der Waals surface area (Å²) < 4.78 is 0. The summed E-state index contributed by atoms with van der Waals surface area (Å²) in [5.74, 6) is -0.429. The van der Waals surface area contributed by atoms with Gasteiger partial charge in [0.1, 0.15) is 6.54 Å². The van der Waals surface area contributed by atoms with Crippen molar-refractivity contribution in [3.8, 4) is 0 Å². The summed E-state index contributed by atoms with van der Waals surface area (Å²) in [6.45, 7) is 2.24. The maximum absolute atomic E-state index is 11.6. The van der Waals surface area contributed by atoms with Gasteiger partial charge in [-0.15, -0.1) is 12.4 Å². The molecule has 2 N–H and O–H groups in total. The van der Waals surface area contributed by atoms with Gasteiger partial charge in [-0.3, -0.25) is 14.5 Å². The molecular weight excluding hydrogens is 256 g/mol. The lowest BCUT2D eigenvalue weighted by molar-refractivity contribution is -0.138. The Morgan fingerprint density at radius 2 is 1.94 bits per heavy atom. The molecule has 0 heterocycles. The van der Waals surface area contributed by atoms with Gasteiger partial charge in [-0.1, -0.05) is 0 Å². The van der Waals surface area contributed by atoms with E-state index in [1.165, 1.54) is 25.7 Å². The van der Waals surface area contributed by atoms with Crippen LogP contribution in [0.15, 0.2) is 0 Å². The zero-order valence-electron chi connectivity index (χ0n) is 10.6. The first-order valence-electron chi connectivity index (χ1n) is 6.32. The summed E-state index contributed by atoms with van der Waals surface area (Å²) in [6, 6.07) is 0.999. The standard InChI is InChI=1S/C12H20N2O3.ClH/c1-8(9-2-3-9)14(10-4-5-10)7-11(15)13-6-12(16)17;/h8-10H,2-7H2,1H3,(H,13,15)(H,16,17);1H. The maximum Gasteiger partial charge on any atom is 0.322 e. The molecular formula is C12H21ClN2O3. The zero-order chi connectivity index (χ0) is 12.4. The number of aliphatic carboxylic acids is 1. The fraction of sp³-hybridized carbons (Fsp3) is 0.833. The molecule has 1 atom stereocenters. The van der Waals surface area contributed by atoms with E-state index in [1.807, 2.05) is 0 Å². The number of hydrogen-bond donors (Lipinski definition) is 2. The van der Waals surface area contributed by atoms with Crippen molar-refractivity contribution in [3.05, 3.63) is 0 Å². The van der Waals surface area contributed by atoms with Crippen molar-refractivity contribution in [1.29, 1.82) is 0 Å². The molecule has 0 aromatic carbocycles. The molecule has 0 radical (unpaired) electrons. The van der Waals surface area contributed by atoms with Crippen molar-refractivity contribution < 1.29 is 14.7 Å². The summed E-state index contributed by atoms with van der Waals surface area (Å²) in [4.78, 5) is 24.2. The zero-order valence-corrected chi connectivity index (χ0v) is 11.4. The van der Waals surface area contributed by atoms with Gasteiger partial charge in [0, 0.05) is 12.1 Å². The van der Waals surface area contributed by atoms with E-state index in [9.17, 15) is 9.59 Å². The molecule has 18 heavy (non-hydrogen) atoms. The number of halogens is 1. The molecule has 2 rings (SSSR count). The number of carbonyl (C=O) groups excluding carboxylic acids is 1. The normalized spacial score (nSPS) is 20.1. The minimum absolute atomic E-state index is 0. The maximum atomic E-state index is 11.6. The Bertz CT molecular complexity index is 316. The molecule has 0 aliphatic heterocycles. The van der Waals surface area contributed by atoms with E-state index >= 15 is 0 Å². The van der Waals surface area contributed by atoms with Crippen LogP contribution in [0, 0.1) is 5.92 Å². The molecule has 6 heteroatoms. The lowest BCUT2D eigenvalue weighted by Gasteiger charge is -2.28. The molecule has 1 amide bonds. The molecule has 0 spiro atoms. The molecule has 0 saturated heterocycles. The SMILES string of the molecule is CC(C1CC1)N(CC(=O)NCC(=O)O)C1CC1.Cl. The van der Waals surface area contributed by atoms with Crippen LogP contribution in [0.3, 0.4) is 0 Å². The van der Waals surface area contributed by atoms with Crippen LogP contribution in [-0.4, -0.2) is 47.1 Å². The van der Waals surface area contributed by atoms with Gasteiger partial charge >= 0.3 is 5.97 Å². The molecule has 2 aliphatic rings. The third kappa shape index (κ3) is 4.46. The van der Waals surface area contributed by atoms with E-state index in [1.54, 1.807) is 0 Å². The van der Waals surface area contributed by atoms with Crippen LogP contribution in [0.5, 0.6) is 0 Å². The Labute approximate surface area is 113 Å². The van der Waals surface area contributed by atoms with E-state index in [4.69, 9.17) is 5.11 Å². The molecule has 5 nitrogen and oxygen atoms in total. The van der Waals surface area contributed by atoms with Gasteiger partial charge in [-0.25, -0.2) is 0 Å². The Kier molecular flexibility index (Phi) is 5.41. The predicted molar refractivity (Wildman–Crippen MR) is 69.8 cm³/mol. The van der Waals surface area contributed by atoms with Crippen molar-refractivity contribution >= 4 is 24.3 Å². The summed E-state index contributed by atoms with van der Waals surface area (Å²) >= 11 is 0. The molecule has 0 aromatic heterocycles. The lowest BCUT2D eigenvalue weighted by Crippen LogP contribution is -2.45. The van der Waals surface area contributed by atoms with Gasteiger partial charge in [0.15, 0.2) is 0 Å². The molecule has 0 aromatic rings. The topological polar surface area (TPSA) is 69.6 Å². The highest BCUT2D eigenvalue weighted by Crippen LogP contribution is 2.39. The number of nitrogens with one attached hydrogen (secondary N) is 1. The molecule has 0 bridgehead atoms. The first-order chi connectivity index (χ1) is 8.08. The van der Waals surface area contributed by atoms with Crippen molar-refractivity contribution in [2.24, 2.45) is 5.92 Å². The summed E-state index contributed by atoms with van der Waals surface area (Å²) in [6.07, 6.45) is 4.87. The average molecular weight is 277 g/mol. The van der Waals surface area contributed by atoms with E-state index in [0.29, 0.717) is 18.6 Å². The highest BCUT2D eigenvalue weighted by molar-refractivity contribution is 5.85. The highest BCUT2D eigenvalue weighted by atomic mass is 35.5. The number of hydrogen-bond acceptors (Lipinski definition) is 3. The smallest absolute Gasteiger partial charge is 0.322 e. The van der Waals surface area contributed by atoms with Crippen LogP contribution < -0.4 is 5.32 Å². The van der Waals surface area contributed by atoms with Crippen molar-refractivity contribution in [3.63, 3.8) is 0 Å². The largest absolute Gasteiger partial charge is 0.480 e. The molecule has 2 aliphatic carbocycles. The second-order valence-corrected chi connectivity index (χ2v) is 5.15. The van der Waals surface area contributed by atoms with Crippen LogP contribution >= 0.6 is 12.4 Å². The molecule has 2 saturated carbocycles. The quantitative estimate of drug-likeness (QED) is 0.724. The van der Waals surface area contributed by atoms with Crippen molar-refractivity contribution in [2.75, 3.05) is 13.1 Å².